The zero-order valence-electron chi connectivity index (χ0n) is 20.8. The topological polar surface area (TPSA) is 156 Å². The first kappa shape index (κ1) is 26.2. The van der Waals surface area contributed by atoms with Gasteiger partial charge in [-0.05, 0) is 55.0 Å². The fraction of sp³-hybridized carbons (Fsp3) is 0.138. The first-order valence-electron chi connectivity index (χ1n) is 12.1. The number of cyclic esters (lactones) is 4. The van der Waals surface area contributed by atoms with Gasteiger partial charge in [0, 0.05) is 18.1 Å². The predicted octanol–water partition coefficient (Wildman–Crippen LogP) is 4.12. The quantitative estimate of drug-likeness (QED) is 0.175. The molecule has 0 bridgehead atoms. The number of fused-ring (bicyclic) bond motifs is 2. The molecular formula is C29H18O11. The summed E-state index contributed by atoms with van der Waals surface area (Å²) in [5.74, 6) is -5.79. The predicted molar refractivity (Wildman–Crippen MR) is 133 cm³/mol. The molecule has 0 atom stereocenters. The molecule has 0 saturated carbocycles. The average Bonchev–Trinajstić information content (AvgIpc) is 3.39. The van der Waals surface area contributed by atoms with Crippen molar-refractivity contribution in [1.82, 2.24) is 0 Å². The van der Waals surface area contributed by atoms with E-state index in [2.05, 4.69) is 9.47 Å². The summed E-state index contributed by atoms with van der Waals surface area (Å²) in [7, 11) is 0. The minimum atomic E-state index is -0.910. The Labute approximate surface area is 225 Å². The third-order valence-electron chi connectivity index (χ3n) is 6.14. The van der Waals surface area contributed by atoms with Crippen LogP contribution in [0.1, 0.15) is 98.7 Å². The van der Waals surface area contributed by atoms with Gasteiger partial charge in [-0.2, -0.15) is 0 Å². The number of carbonyl (C=O) groups is 7. The van der Waals surface area contributed by atoms with Crippen molar-refractivity contribution in [2.75, 3.05) is 0 Å². The second kappa shape index (κ2) is 10.4. The van der Waals surface area contributed by atoms with Crippen molar-refractivity contribution in [2.24, 2.45) is 0 Å². The summed E-state index contributed by atoms with van der Waals surface area (Å²) >= 11 is 0. The molecule has 2 heterocycles. The van der Waals surface area contributed by atoms with Crippen LogP contribution < -0.4 is 9.47 Å². The Morgan fingerprint density at radius 1 is 0.600 bits per heavy atom. The molecule has 0 amide bonds. The fourth-order valence-electron chi connectivity index (χ4n) is 4.09. The largest absolute Gasteiger partial charge is 0.423 e. The van der Waals surface area contributed by atoms with Gasteiger partial charge in [-0.25, -0.2) is 28.8 Å². The molecule has 3 aromatic rings. The Morgan fingerprint density at radius 3 is 1.50 bits per heavy atom. The molecule has 0 spiro atoms. The summed E-state index contributed by atoms with van der Waals surface area (Å²) in [6, 6.07) is 11.2. The van der Waals surface area contributed by atoms with Crippen LogP contribution in [-0.4, -0.2) is 41.6 Å². The zero-order chi connectivity index (χ0) is 28.6. The minimum Gasteiger partial charge on any atom is -0.423 e. The molecule has 0 N–H and O–H groups in total. The molecule has 11 heteroatoms. The molecule has 0 radical (unpaired) electrons. The second-order valence-corrected chi connectivity index (χ2v) is 8.87. The van der Waals surface area contributed by atoms with E-state index in [-0.39, 0.29) is 62.6 Å². The van der Waals surface area contributed by atoms with Crippen molar-refractivity contribution < 1.29 is 52.5 Å². The molecule has 3 aromatic carbocycles. The SMILES string of the molecule is CCCCC(=O)c1cc(OC(=O)c2ccc3c(c2)C(=O)OC3=O)cc(OC(=O)c2ccc3c(c2)C(=O)OC3=O)c1. The van der Waals surface area contributed by atoms with Crippen LogP contribution in [0.4, 0.5) is 0 Å². The smallest absolute Gasteiger partial charge is 0.346 e. The maximum atomic E-state index is 12.9. The lowest BCUT2D eigenvalue weighted by Gasteiger charge is -2.11. The van der Waals surface area contributed by atoms with Gasteiger partial charge in [-0.1, -0.05) is 13.3 Å². The Kier molecular flexibility index (Phi) is 6.78. The number of hydrogen-bond donors (Lipinski definition) is 0. The zero-order valence-corrected chi connectivity index (χ0v) is 20.8. The van der Waals surface area contributed by atoms with Crippen LogP contribution in [0, 0.1) is 0 Å². The van der Waals surface area contributed by atoms with E-state index in [9.17, 15) is 33.6 Å². The number of ether oxygens (including phenoxy) is 4. The molecule has 0 fully saturated rings. The van der Waals surface area contributed by atoms with Gasteiger partial charge in [0.2, 0.25) is 0 Å². The van der Waals surface area contributed by atoms with Gasteiger partial charge in [0.05, 0.1) is 33.4 Å². The molecule has 0 unspecified atom stereocenters. The van der Waals surface area contributed by atoms with Crippen LogP contribution in [-0.2, 0) is 9.47 Å². The van der Waals surface area contributed by atoms with Gasteiger partial charge < -0.3 is 18.9 Å². The number of unbranched alkanes of at least 4 members (excludes halogenated alkanes) is 1. The van der Waals surface area contributed by atoms with Gasteiger partial charge >= 0.3 is 35.8 Å². The number of Topliss-reactive ketones (excluding diaryl/α,β-unsaturated/α-hetero) is 1. The first-order valence-corrected chi connectivity index (χ1v) is 12.1. The molecular weight excluding hydrogens is 524 g/mol. The third-order valence-corrected chi connectivity index (χ3v) is 6.14. The second-order valence-electron chi connectivity index (χ2n) is 8.87. The number of hydrogen-bond acceptors (Lipinski definition) is 11. The Morgan fingerprint density at radius 2 is 1.05 bits per heavy atom. The van der Waals surface area contributed by atoms with Crippen LogP contribution in [0.5, 0.6) is 11.5 Å². The van der Waals surface area contributed by atoms with E-state index in [1.165, 1.54) is 42.5 Å². The van der Waals surface area contributed by atoms with Crippen molar-refractivity contribution in [2.45, 2.75) is 26.2 Å². The monoisotopic (exact) mass is 542 g/mol. The van der Waals surface area contributed by atoms with E-state index >= 15 is 0 Å². The standard InChI is InChI=1S/C29H18O11/c1-2-3-4-23(30)16-9-17(37-24(31)14-5-7-19-21(11-14)28(35)39-26(19)33)13-18(10-16)38-25(32)15-6-8-20-22(12-15)29(36)40-27(20)34/h5-13H,2-4H2,1H3. The van der Waals surface area contributed by atoms with E-state index in [4.69, 9.17) is 9.47 Å². The van der Waals surface area contributed by atoms with Crippen LogP contribution in [0.15, 0.2) is 54.6 Å². The Balaban J connectivity index is 1.42. The van der Waals surface area contributed by atoms with E-state index in [1.54, 1.807) is 0 Å². The number of benzene rings is 3. The Bertz CT molecular complexity index is 1550. The molecule has 11 nitrogen and oxygen atoms in total. The maximum absolute atomic E-state index is 12.9. The first-order chi connectivity index (χ1) is 19.1. The van der Waals surface area contributed by atoms with E-state index in [0.29, 0.717) is 6.42 Å². The van der Waals surface area contributed by atoms with Gasteiger partial charge in [-0.15, -0.1) is 0 Å². The van der Waals surface area contributed by atoms with E-state index in [0.717, 1.165) is 18.6 Å². The van der Waals surface area contributed by atoms with Crippen LogP contribution in [0.2, 0.25) is 0 Å². The fourth-order valence-corrected chi connectivity index (χ4v) is 4.09. The van der Waals surface area contributed by atoms with Gasteiger partial charge in [0.25, 0.3) is 0 Å². The van der Waals surface area contributed by atoms with Crippen molar-refractivity contribution in [3.05, 3.63) is 93.5 Å². The van der Waals surface area contributed by atoms with Gasteiger partial charge in [0.1, 0.15) is 11.5 Å². The molecule has 0 aromatic heterocycles. The lowest BCUT2D eigenvalue weighted by molar-refractivity contribution is 0.0425. The summed E-state index contributed by atoms with van der Waals surface area (Å²) in [5.41, 5.74) is -0.146. The van der Waals surface area contributed by atoms with Crippen LogP contribution in [0.25, 0.3) is 0 Å². The number of ketones is 1. The molecule has 0 saturated heterocycles. The summed E-state index contributed by atoms with van der Waals surface area (Å²) in [6.07, 6.45) is 1.56. The molecule has 200 valence electrons. The summed E-state index contributed by atoms with van der Waals surface area (Å²) in [6.45, 7) is 1.92. The molecule has 2 aliphatic rings. The summed E-state index contributed by atoms with van der Waals surface area (Å²) in [4.78, 5) is 85.5. The van der Waals surface area contributed by atoms with Crippen LogP contribution in [0.3, 0.4) is 0 Å². The lowest BCUT2D eigenvalue weighted by Crippen LogP contribution is -2.12. The average molecular weight is 542 g/mol. The normalized spacial score (nSPS) is 13.3. The highest BCUT2D eigenvalue weighted by atomic mass is 16.6. The summed E-state index contributed by atoms with van der Waals surface area (Å²) < 4.78 is 19.9. The van der Waals surface area contributed by atoms with Gasteiger partial charge in [0.15, 0.2) is 5.78 Å². The van der Waals surface area contributed by atoms with Crippen molar-refractivity contribution >= 4 is 41.6 Å². The highest BCUT2D eigenvalue weighted by molar-refractivity contribution is 6.16. The Hall–Kier alpha value is -5.45. The summed E-state index contributed by atoms with van der Waals surface area (Å²) in [5, 5.41) is 0. The number of rotatable bonds is 8. The molecule has 0 aliphatic carbocycles. The van der Waals surface area contributed by atoms with E-state index < -0.39 is 35.8 Å². The third kappa shape index (κ3) is 4.99. The lowest BCUT2D eigenvalue weighted by atomic mass is 10.0. The highest BCUT2D eigenvalue weighted by Gasteiger charge is 2.32. The molecule has 2 aliphatic heterocycles. The van der Waals surface area contributed by atoms with E-state index in [1.807, 2.05) is 6.92 Å². The minimum absolute atomic E-state index is 0.0171. The maximum Gasteiger partial charge on any atom is 0.346 e. The van der Waals surface area contributed by atoms with Crippen molar-refractivity contribution in [1.29, 1.82) is 0 Å². The van der Waals surface area contributed by atoms with Crippen molar-refractivity contribution in [3.8, 4) is 11.5 Å². The molecule has 40 heavy (non-hydrogen) atoms. The van der Waals surface area contributed by atoms with Crippen LogP contribution >= 0.6 is 0 Å². The number of carbonyl (C=O) groups excluding carboxylic acids is 7. The van der Waals surface area contributed by atoms with Gasteiger partial charge in [-0.3, -0.25) is 4.79 Å². The molecule has 5 rings (SSSR count). The van der Waals surface area contributed by atoms with Crippen molar-refractivity contribution in [3.63, 3.8) is 0 Å². The highest BCUT2D eigenvalue weighted by Crippen LogP contribution is 2.28. The number of esters is 6.